The lowest BCUT2D eigenvalue weighted by Crippen LogP contribution is -2.42. The quantitative estimate of drug-likeness (QED) is 0.912. The summed E-state index contributed by atoms with van der Waals surface area (Å²) in [7, 11) is 3.52. The van der Waals surface area contributed by atoms with Gasteiger partial charge in [0.25, 0.3) is 0 Å². The first-order chi connectivity index (χ1) is 11.9. The van der Waals surface area contributed by atoms with Crippen LogP contribution >= 0.6 is 0 Å². The third-order valence-corrected chi connectivity index (χ3v) is 4.39. The Kier molecular flexibility index (Phi) is 4.61. The van der Waals surface area contributed by atoms with E-state index >= 15 is 0 Å². The molecular formula is C19H24N4O2. The van der Waals surface area contributed by atoms with Crippen LogP contribution in [-0.4, -0.2) is 51.5 Å². The zero-order valence-corrected chi connectivity index (χ0v) is 15.2. The highest BCUT2D eigenvalue weighted by Gasteiger charge is 2.27. The molecule has 1 N–H and O–H groups in total. The molecule has 0 radical (unpaired) electrons. The number of carbonyl (C=O) groups excluding carboxylic acids is 1. The standard InChI is InChI=1S/C19H24N4O2/c1-12(2)18-20-16-9-10-23(19(25)22(3)4)11-15(16)17(21-18)13-5-7-14(24)8-6-13/h5-8,12,24H,9-11H2,1-4H3. The molecule has 1 aromatic heterocycles. The Morgan fingerprint density at radius 1 is 1.20 bits per heavy atom. The summed E-state index contributed by atoms with van der Waals surface area (Å²) in [5.74, 6) is 1.26. The fraction of sp³-hybridized carbons (Fsp3) is 0.421. The normalized spacial score (nSPS) is 13.7. The zero-order chi connectivity index (χ0) is 18.1. The number of carbonyl (C=O) groups is 1. The lowest BCUT2D eigenvalue weighted by atomic mass is 9.98. The minimum atomic E-state index is -0.00441. The molecule has 0 spiro atoms. The van der Waals surface area contributed by atoms with E-state index in [4.69, 9.17) is 9.97 Å². The number of urea groups is 1. The van der Waals surface area contributed by atoms with E-state index in [1.165, 1.54) is 0 Å². The molecule has 0 aliphatic carbocycles. The van der Waals surface area contributed by atoms with Crippen molar-refractivity contribution in [2.24, 2.45) is 0 Å². The first-order valence-corrected chi connectivity index (χ1v) is 8.52. The molecule has 0 saturated heterocycles. The molecule has 2 heterocycles. The van der Waals surface area contributed by atoms with Crippen LogP contribution in [0.3, 0.4) is 0 Å². The van der Waals surface area contributed by atoms with Crippen LogP contribution in [-0.2, 0) is 13.0 Å². The van der Waals surface area contributed by atoms with Crippen LogP contribution in [0.25, 0.3) is 11.3 Å². The molecule has 0 bridgehead atoms. The Morgan fingerprint density at radius 2 is 1.88 bits per heavy atom. The topological polar surface area (TPSA) is 69.6 Å². The number of amides is 2. The molecule has 0 saturated carbocycles. The number of aromatic nitrogens is 2. The number of aromatic hydroxyl groups is 1. The van der Waals surface area contributed by atoms with Crippen molar-refractivity contribution in [3.05, 3.63) is 41.3 Å². The maximum Gasteiger partial charge on any atom is 0.319 e. The predicted octanol–water partition coefficient (Wildman–Crippen LogP) is 3.01. The van der Waals surface area contributed by atoms with Crippen molar-refractivity contribution in [2.45, 2.75) is 32.7 Å². The maximum absolute atomic E-state index is 12.4. The van der Waals surface area contributed by atoms with Crippen molar-refractivity contribution in [3.8, 4) is 17.0 Å². The highest BCUT2D eigenvalue weighted by atomic mass is 16.3. The number of rotatable bonds is 2. The van der Waals surface area contributed by atoms with Crippen molar-refractivity contribution in [2.75, 3.05) is 20.6 Å². The van der Waals surface area contributed by atoms with Crippen LogP contribution in [0, 0.1) is 0 Å². The van der Waals surface area contributed by atoms with E-state index in [1.807, 2.05) is 17.0 Å². The zero-order valence-electron chi connectivity index (χ0n) is 15.2. The summed E-state index contributed by atoms with van der Waals surface area (Å²) < 4.78 is 0. The summed E-state index contributed by atoms with van der Waals surface area (Å²) >= 11 is 0. The van der Waals surface area contributed by atoms with Gasteiger partial charge in [0.1, 0.15) is 11.6 Å². The Morgan fingerprint density at radius 3 is 2.48 bits per heavy atom. The molecule has 0 unspecified atom stereocenters. The molecule has 6 nitrogen and oxygen atoms in total. The second kappa shape index (κ2) is 6.70. The Bertz CT molecular complexity index is 785. The van der Waals surface area contributed by atoms with E-state index in [9.17, 15) is 9.90 Å². The number of benzene rings is 1. The van der Waals surface area contributed by atoms with Crippen LogP contribution in [0.15, 0.2) is 24.3 Å². The van der Waals surface area contributed by atoms with E-state index in [0.29, 0.717) is 13.1 Å². The van der Waals surface area contributed by atoms with Gasteiger partial charge in [-0.3, -0.25) is 0 Å². The Labute approximate surface area is 148 Å². The molecule has 2 aromatic rings. The number of hydrogen-bond acceptors (Lipinski definition) is 4. The van der Waals surface area contributed by atoms with Gasteiger partial charge in [-0.25, -0.2) is 14.8 Å². The molecule has 1 aliphatic heterocycles. The number of hydrogen-bond donors (Lipinski definition) is 1. The molecule has 1 aromatic carbocycles. The van der Waals surface area contributed by atoms with Crippen molar-refractivity contribution in [3.63, 3.8) is 0 Å². The first kappa shape index (κ1) is 17.2. The van der Waals surface area contributed by atoms with Gasteiger partial charge in [-0.1, -0.05) is 13.8 Å². The summed E-state index contributed by atoms with van der Waals surface area (Å²) in [6, 6.07) is 7.02. The van der Waals surface area contributed by atoms with E-state index in [1.54, 1.807) is 31.1 Å². The Balaban J connectivity index is 2.08. The van der Waals surface area contributed by atoms with Crippen LogP contribution in [0.4, 0.5) is 4.79 Å². The second-order valence-corrected chi connectivity index (χ2v) is 6.91. The summed E-state index contributed by atoms with van der Waals surface area (Å²) in [5, 5.41) is 9.57. The summed E-state index contributed by atoms with van der Waals surface area (Å²) in [6.07, 6.45) is 0.724. The van der Waals surface area contributed by atoms with E-state index < -0.39 is 0 Å². The molecule has 1 aliphatic rings. The van der Waals surface area contributed by atoms with Gasteiger partial charge in [-0.2, -0.15) is 0 Å². The minimum Gasteiger partial charge on any atom is -0.508 e. The monoisotopic (exact) mass is 340 g/mol. The molecular weight excluding hydrogens is 316 g/mol. The van der Waals surface area contributed by atoms with E-state index in [0.717, 1.165) is 34.8 Å². The number of fused-ring (bicyclic) bond motifs is 1. The lowest BCUT2D eigenvalue weighted by Gasteiger charge is -2.32. The van der Waals surface area contributed by atoms with Crippen molar-refractivity contribution < 1.29 is 9.90 Å². The molecule has 132 valence electrons. The van der Waals surface area contributed by atoms with Gasteiger partial charge < -0.3 is 14.9 Å². The number of nitrogens with zero attached hydrogens (tertiary/aromatic N) is 4. The SMILES string of the molecule is CC(C)c1nc2c(c(-c3ccc(O)cc3)n1)CN(C(=O)N(C)C)CC2. The average molecular weight is 340 g/mol. The molecule has 2 amide bonds. The molecule has 0 atom stereocenters. The van der Waals surface area contributed by atoms with Crippen molar-refractivity contribution >= 4 is 6.03 Å². The highest BCUT2D eigenvalue weighted by molar-refractivity contribution is 5.75. The average Bonchev–Trinajstić information content (AvgIpc) is 2.60. The predicted molar refractivity (Wildman–Crippen MR) is 96.4 cm³/mol. The molecule has 25 heavy (non-hydrogen) atoms. The minimum absolute atomic E-state index is 0.00441. The van der Waals surface area contributed by atoms with Gasteiger partial charge in [0.2, 0.25) is 0 Å². The van der Waals surface area contributed by atoms with E-state index in [-0.39, 0.29) is 17.7 Å². The van der Waals surface area contributed by atoms with Gasteiger partial charge in [0, 0.05) is 44.1 Å². The van der Waals surface area contributed by atoms with Gasteiger partial charge in [-0.15, -0.1) is 0 Å². The maximum atomic E-state index is 12.4. The van der Waals surface area contributed by atoms with Gasteiger partial charge >= 0.3 is 6.03 Å². The highest BCUT2D eigenvalue weighted by Crippen LogP contribution is 2.30. The molecule has 0 fully saturated rings. The Hall–Kier alpha value is -2.63. The third-order valence-electron chi connectivity index (χ3n) is 4.39. The van der Waals surface area contributed by atoms with Crippen molar-refractivity contribution in [1.82, 2.24) is 19.8 Å². The summed E-state index contributed by atoms with van der Waals surface area (Å²) in [4.78, 5) is 25.3. The van der Waals surface area contributed by atoms with Gasteiger partial charge in [0.15, 0.2) is 0 Å². The molecule has 3 rings (SSSR count). The largest absolute Gasteiger partial charge is 0.508 e. The number of phenolic OH excluding ortho intramolecular Hbond substituents is 1. The van der Waals surface area contributed by atoms with Crippen LogP contribution in [0.2, 0.25) is 0 Å². The fourth-order valence-corrected chi connectivity index (χ4v) is 3.00. The van der Waals surface area contributed by atoms with Gasteiger partial charge in [0.05, 0.1) is 17.9 Å². The van der Waals surface area contributed by atoms with Crippen LogP contribution < -0.4 is 0 Å². The summed E-state index contributed by atoms with van der Waals surface area (Å²) in [5.41, 5.74) is 3.79. The second-order valence-electron chi connectivity index (χ2n) is 6.91. The van der Waals surface area contributed by atoms with E-state index in [2.05, 4.69) is 13.8 Å². The first-order valence-electron chi connectivity index (χ1n) is 8.52. The molecule has 6 heteroatoms. The van der Waals surface area contributed by atoms with Crippen molar-refractivity contribution in [1.29, 1.82) is 0 Å². The van der Waals surface area contributed by atoms with Crippen LogP contribution in [0.1, 0.15) is 36.8 Å². The lowest BCUT2D eigenvalue weighted by molar-refractivity contribution is 0.165. The summed E-state index contributed by atoms with van der Waals surface area (Å²) in [6.45, 7) is 5.31. The van der Waals surface area contributed by atoms with Gasteiger partial charge in [-0.05, 0) is 24.3 Å². The third kappa shape index (κ3) is 3.43. The number of phenols is 1. The smallest absolute Gasteiger partial charge is 0.319 e. The van der Waals surface area contributed by atoms with Crippen LogP contribution in [0.5, 0.6) is 5.75 Å². The fourth-order valence-electron chi connectivity index (χ4n) is 3.00.